The van der Waals surface area contributed by atoms with E-state index in [1.807, 2.05) is 0 Å². The number of anilines is 1. The summed E-state index contributed by atoms with van der Waals surface area (Å²) < 4.78 is 13.1. The lowest BCUT2D eigenvalue weighted by molar-refractivity contribution is 0.469. The van der Waals surface area contributed by atoms with Crippen LogP contribution in [-0.2, 0) is 6.54 Å². The summed E-state index contributed by atoms with van der Waals surface area (Å²) in [4.78, 5) is 0. The molecule has 0 amide bonds. The number of benzene rings is 2. The highest BCUT2D eigenvalue weighted by Crippen LogP contribution is 2.32. The van der Waals surface area contributed by atoms with E-state index in [0.29, 0.717) is 21.3 Å². The zero-order valence-electron chi connectivity index (χ0n) is 9.55. The van der Waals surface area contributed by atoms with Gasteiger partial charge in [-0.25, -0.2) is 4.39 Å². The SMILES string of the molecule is Oc1c(Cl)cc(Cl)cc1CNc1cc(F)ccc1Cl. The first-order valence-electron chi connectivity index (χ1n) is 5.33. The third-order valence-corrected chi connectivity index (χ3v) is 3.34. The highest BCUT2D eigenvalue weighted by atomic mass is 35.5. The van der Waals surface area contributed by atoms with Crippen molar-refractivity contribution in [1.82, 2.24) is 0 Å². The summed E-state index contributed by atoms with van der Waals surface area (Å²) >= 11 is 17.6. The minimum absolute atomic E-state index is 0.0638. The first-order valence-corrected chi connectivity index (χ1v) is 6.46. The van der Waals surface area contributed by atoms with Crippen LogP contribution in [0.4, 0.5) is 10.1 Å². The van der Waals surface area contributed by atoms with Gasteiger partial charge >= 0.3 is 0 Å². The lowest BCUT2D eigenvalue weighted by Gasteiger charge is -2.11. The minimum Gasteiger partial charge on any atom is -0.506 e. The van der Waals surface area contributed by atoms with Crippen LogP contribution < -0.4 is 5.32 Å². The van der Waals surface area contributed by atoms with Crippen LogP contribution in [-0.4, -0.2) is 5.11 Å². The molecule has 0 aliphatic rings. The van der Waals surface area contributed by atoms with Crippen molar-refractivity contribution >= 4 is 40.5 Å². The molecule has 0 bridgehead atoms. The summed E-state index contributed by atoms with van der Waals surface area (Å²) in [7, 11) is 0. The summed E-state index contributed by atoms with van der Waals surface area (Å²) in [6.07, 6.45) is 0. The number of phenolic OH excluding ortho intramolecular Hbond substituents is 1. The molecule has 0 saturated heterocycles. The number of aromatic hydroxyl groups is 1. The number of hydrogen-bond acceptors (Lipinski definition) is 2. The van der Waals surface area contributed by atoms with Crippen LogP contribution in [0.3, 0.4) is 0 Å². The fourth-order valence-electron chi connectivity index (χ4n) is 1.58. The number of halogens is 4. The molecule has 2 aromatic carbocycles. The maximum Gasteiger partial charge on any atom is 0.139 e. The maximum absolute atomic E-state index is 13.1. The highest BCUT2D eigenvalue weighted by Gasteiger charge is 2.09. The number of rotatable bonds is 3. The molecule has 0 fully saturated rings. The van der Waals surface area contributed by atoms with Crippen LogP contribution >= 0.6 is 34.8 Å². The monoisotopic (exact) mass is 319 g/mol. The van der Waals surface area contributed by atoms with Gasteiger partial charge in [0.05, 0.1) is 15.7 Å². The standard InChI is InChI=1S/C13H9Cl3FNO/c14-8-3-7(13(19)11(16)4-8)6-18-12-5-9(17)1-2-10(12)15/h1-5,18-19H,6H2. The third-order valence-electron chi connectivity index (χ3n) is 2.50. The summed E-state index contributed by atoms with van der Waals surface area (Å²) in [5, 5.41) is 13.7. The van der Waals surface area contributed by atoms with E-state index in [4.69, 9.17) is 34.8 Å². The fraction of sp³-hybridized carbons (Fsp3) is 0.0769. The van der Waals surface area contributed by atoms with E-state index in [1.165, 1.54) is 24.3 Å². The minimum atomic E-state index is -0.403. The van der Waals surface area contributed by atoms with Crippen LogP contribution in [0.15, 0.2) is 30.3 Å². The Kier molecular flexibility index (Phi) is 4.40. The molecule has 0 saturated carbocycles. The van der Waals surface area contributed by atoms with E-state index in [2.05, 4.69) is 5.32 Å². The molecule has 0 aliphatic heterocycles. The van der Waals surface area contributed by atoms with Gasteiger partial charge in [-0.05, 0) is 30.3 Å². The molecule has 2 aromatic rings. The molecule has 0 heterocycles. The lowest BCUT2D eigenvalue weighted by Crippen LogP contribution is -2.01. The van der Waals surface area contributed by atoms with E-state index >= 15 is 0 Å². The molecule has 2 N–H and O–H groups in total. The second-order valence-electron chi connectivity index (χ2n) is 3.87. The van der Waals surface area contributed by atoms with Gasteiger partial charge in [0, 0.05) is 17.1 Å². The zero-order chi connectivity index (χ0) is 14.0. The molecule has 100 valence electrons. The molecule has 2 nitrogen and oxygen atoms in total. The van der Waals surface area contributed by atoms with Gasteiger partial charge in [-0.15, -0.1) is 0 Å². The van der Waals surface area contributed by atoms with Crippen LogP contribution in [0.1, 0.15) is 5.56 Å². The molecule has 0 radical (unpaired) electrons. The Balaban J connectivity index is 2.21. The van der Waals surface area contributed by atoms with E-state index in [0.717, 1.165) is 0 Å². The van der Waals surface area contributed by atoms with Gasteiger partial charge in [-0.2, -0.15) is 0 Å². The van der Waals surface area contributed by atoms with Crippen molar-refractivity contribution in [2.45, 2.75) is 6.54 Å². The molecule has 0 unspecified atom stereocenters. The van der Waals surface area contributed by atoms with Crippen LogP contribution in [0.2, 0.25) is 15.1 Å². The number of hydrogen-bond donors (Lipinski definition) is 2. The van der Waals surface area contributed by atoms with Gasteiger partial charge < -0.3 is 10.4 Å². The Hall–Kier alpha value is -1.16. The van der Waals surface area contributed by atoms with Gasteiger partial charge in [0.1, 0.15) is 11.6 Å². The van der Waals surface area contributed by atoms with Crippen molar-refractivity contribution in [3.63, 3.8) is 0 Å². The lowest BCUT2D eigenvalue weighted by atomic mass is 10.2. The first-order chi connectivity index (χ1) is 8.97. The molecule has 0 aromatic heterocycles. The summed E-state index contributed by atoms with van der Waals surface area (Å²) in [6, 6.07) is 7.00. The Labute approximate surface area is 124 Å². The number of phenols is 1. The molecule has 2 rings (SSSR count). The average molecular weight is 321 g/mol. The third kappa shape index (κ3) is 3.44. The van der Waals surface area contributed by atoms with Gasteiger partial charge in [-0.3, -0.25) is 0 Å². The quantitative estimate of drug-likeness (QED) is 0.824. The van der Waals surface area contributed by atoms with Crippen molar-refractivity contribution in [3.8, 4) is 5.75 Å². The van der Waals surface area contributed by atoms with Gasteiger partial charge in [0.2, 0.25) is 0 Å². The second-order valence-corrected chi connectivity index (χ2v) is 5.12. The van der Waals surface area contributed by atoms with Crippen molar-refractivity contribution < 1.29 is 9.50 Å². The van der Waals surface area contributed by atoms with E-state index in [-0.39, 0.29) is 17.3 Å². The predicted molar refractivity (Wildman–Crippen MR) is 76.9 cm³/mol. The Morgan fingerprint density at radius 3 is 2.53 bits per heavy atom. The average Bonchev–Trinajstić information content (AvgIpc) is 2.35. The topological polar surface area (TPSA) is 32.3 Å². The van der Waals surface area contributed by atoms with E-state index in [1.54, 1.807) is 6.07 Å². The molecular formula is C13H9Cl3FNO. The molecule has 0 spiro atoms. The smallest absolute Gasteiger partial charge is 0.139 e. The van der Waals surface area contributed by atoms with Crippen LogP contribution in [0, 0.1) is 5.82 Å². The Morgan fingerprint density at radius 1 is 1.05 bits per heavy atom. The molecule has 6 heteroatoms. The predicted octanol–water partition coefficient (Wildman–Crippen LogP) is 5.10. The van der Waals surface area contributed by atoms with Crippen LogP contribution in [0.25, 0.3) is 0 Å². The first kappa shape index (κ1) is 14.3. The highest BCUT2D eigenvalue weighted by molar-refractivity contribution is 6.35. The Bertz CT molecular complexity index is 619. The molecule has 0 atom stereocenters. The van der Waals surface area contributed by atoms with Gasteiger partial charge in [-0.1, -0.05) is 34.8 Å². The van der Waals surface area contributed by atoms with Crippen molar-refractivity contribution in [2.75, 3.05) is 5.32 Å². The fourth-order valence-corrected chi connectivity index (χ4v) is 2.30. The van der Waals surface area contributed by atoms with Crippen LogP contribution in [0.5, 0.6) is 5.75 Å². The number of nitrogens with one attached hydrogen (secondary N) is 1. The summed E-state index contributed by atoms with van der Waals surface area (Å²) in [5.74, 6) is -0.466. The second kappa shape index (κ2) is 5.87. The summed E-state index contributed by atoms with van der Waals surface area (Å²) in [6.45, 7) is 0.218. The van der Waals surface area contributed by atoms with Crippen molar-refractivity contribution in [2.24, 2.45) is 0 Å². The van der Waals surface area contributed by atoms with E-state index < -0.39 is 5.82 Å². The van der Waals surface area contributed by atoms with E-state index in [9.17, 15) is 9.50 Å². The van der Waals surface area contributed by atoms with Gasteiger partial charge in [0.15, 0.2) is 0 Å². The van der Waals surface area contributed by atoms with Gasteiger partial charge in [0.25, 0.3) is 0 Å². The molecule has 0 aliphatic carbocycles. The Morgan fingerprint density at radius 2 is 1.79 bits per heavy atom. The summed E-state index contributed by atoms with van der Waals surface area (Å²) in [5.41, 5.74) is 0.926. The van der Waals surface area contributed by atoms with Crippen molar-refractivity contribution in [1.29, 1.82) is 0 Å². The zero-order valence-corrected chi connectivity index (χ0v) is 11.8. The van der Waals surface area contributed by atoms with Crippen molar-refractivity contribution in [3.05, 3.63) is 56.8 Å². The molecule has 19 heavy (non-hydrogen) atoms. The largest absolute Gasteiger partial charge is 0.506 e. The molecular weight excluding hydrogens is 312 g/mol. The normalized spacial score (nSPS) is 10.5. The maximum atomic E-state index is 13.1.